The summed E-state index contributed by atoms with van der Waals surface area (Å²) in [5, 5.41) is 0.481. The van der Waals surface area contributed by atoms with E-state index in [1.807, 2.05) is 26.0 Å². The third kappa shape index (κ3) is 3.15. The number of esters is 1. The molecule has 1 saturated heterocycles. The lowest BCUT2D eigenvalue weighted by molar-refractivity contribution is 0.0601. The number of aromatic nitrogens is 2. The van der Waals surface area contributed by atoms with Gasteiger partial charge in [0.2, 0.25) is 5.95 Å². The molecular weight excluding hydrogens is 354 g/mol. The molecule has 2 aromatic carbocycles. The molecule has 0 atom stereocenters. The van der Waals surface area contributed by atoms with E-state index < -0.39 is 5.97 Å². The Morgan fingerprint density at radius 2 is 1.71 bits per heavy atom. The van der Waals surface area contributed by atoms with E-state index in [2.05, 4.69) is 11.0 Å². The number of hydrogen-bond acceptors (Lipinski definition) is 5. The summed E-state index contributed by atoms with van der Waals surface area (Å²) >= 11 is 0. The van der Waals surface area contributed by atoms with Crippen molar-refractivity contribution in [2.24, 2.45) is 0 Å². The zero-order chi connectivity index (χ0) is 19.8. The first kappa shape index (κ1) is 18.2. The number of methoxy groups -OCH3 is 1. The average Bonchev–Trinajstić information content (AvgIpc) is 3.20. The van der Waals surface area contributed by atoms with Gasteiger partial charge >= 0.3 is 5.97 Å². The number of carbonyl (C=O) groups excluding carboxylic acids is 1. The number of fused-ring (bicyclic) bond motifs is 1. The van der Waals surface area contributed by atoms with E-state index in [1.54, 1.807) is 22.8 Å². The summed E-state index contributed by atoms with van der Waals surface area (Å²) < 4.78 is 6.50. The van der Waals surface area contributed by atoms with Gasteiger partial charge in [0.25, 0.3) is 5.56 Å². The number of hydrogen-bond donors (Lipinski definition) is 0. The van der Waals surface area contributed by atoms with Crippen LogP contribution >= 0.6 is 0 Å². The molecule has 0 saturated carbocycles. The van der Waals surface area contributed by atoms with Crippen molar-refractivity contribution >= 4 is 22.8 Å². The summed E-state index contributed by atoms with van der Waals surface area (Å²) in [5.74, 6) is 0.187. The van der Waals surface area contributed by atoms with E-state index in [-0.39, 0.29) is 5.56 Å². The highest BCUT2D eigenvalue weighted by molar-refractivity contribution is 5.94. The zero-order valence-corrected chi connectivity index (χ0v) is 16.4. The van der Waals surface area contributed by atoms with Gasteiger partial charge in [-0.2, -0.15) is 0 Å². The van der Waals surface area contributed by atoms with Gasteiger partial charge in [0, 0.05) is 13.1 Å². The summed E-state index contributed by atoms with van der Waals surface area (Å²) in [6, 6.07) is 11.0. The third-order valence-electron chi connectivity index (χ3n) is 5.13. The van der Waals surface area contributed by atoms with Crippen LogP contribution in [0.25, 0.3) is 16.6 Å². The summed E-state index contributed by atoms with van der Waals surface area (Å²) in [7, 11) is 1.34. The van der Waals surface area contributed by atoms with Crippen LogP contribution in [0.5, 0.6) is 0 Å². The molecule has 1 aromatic heterocycles. The summed E-state index contributed by atoms with van der Waals surface area (Å²) in [5.41, 5.74) is 3.77. The average molecular weight is 377 g/mol. The van der Waals surface area contributed by atoms with E-state index in [0.717, 1.165) is 42.7 Å². The standard InChI is InChI=1S/C22H23N3O3/c1-14-10-15(2)12-17(11-14)25-20(26)18-7-6-16(21(27)28-3)13-19(18)23-22(25)24-8-4-5-9-24/h6-7,10-13H,4-5,8-9H2,1-3H3. The molecule has 4 rings (SSSR count). The van der Waals surface area contributed by atoms with E-state index in [1.165, 1.54) is 7.11 Å². The molecule has 0 amide bonds. The van der Waals surface area contributed by atoms with Gasteiger partial charge in [0.15, 0.2) is 0 Å². The van der Waals surface area contributed by atoms with E-state index in [4.69, 9.17) is 9.72 Å². The molecule has 6 heteroatoms. The molecule has 0 N–H and O–H groups in total. The van der Waals surface area contributed by atoms with Gasteiger partial charge in [0.1, 0.15) is 0 Å². The van der Waals surface area contributed by atoms with Gasteiger partial charge < -0.3 is 9.64 Å². The first-order valence-electron chi connectivity index (χ1n) is 9.46. The smallest absolute Gasteiger partial charge is 0.337 e. The molecule has 144 valence electrons. The van der Waals surface area contributed by atoms with Gasteiger partial charge in [-0.15, -0.1) is 0 Å². The number of anilines is 1. The number of benzene rings is 2. The van der Waals surface area contributed by atoms with E-state index in [0.29, 0.717) is 22.4 Å². The van der Waals surface area contributed by atoms with E-state index in [9.17, 15) is 9.59 Å². The SMILES string of the molecule is COC(=O)c1ccc2c(=O)n(-c3cc(C)cc(C)c3)c(N3CCCC3)nc2c1. The minimum atomic E-state index is -0.440. The van der Waals surface area contributed by atoms with Gasteiger partial charge in [-0.05, 0) is 68.1 Å². The van der Waals surface area contributed by atoms with Crippen molar-refractivity contribution in [3.05, 3.63) is 63.4 Å². The quantitative estimate of drug-likeness (QED) is 0.655. The fourth-order valence-electron chi connectivity index (χ4n) is 3.86. The Hall–Kier alpha value is -3.15. The predicted octanol–water partition coefficient (Wildman–Crippen LogP) is 3.39. The number of carbonyl (C=O) groups is 1. The highest BCUT2D eigenvalue weighted by atomic mass is 16.5. The molecule has 3 aromatic rings. The second kappa shape index (κ2) is 7.11. The predicted molar refractivity (Wildman–Crippen MR) is 110 cm³/mol. The molecule has 1 fully saturated rings. The van der Waals surface area contributed by atoms with Crippen LogP contribution in [-0.4, -0.2) is 35.7 Å². The first-order chi connectivity index (χ1) is 13.5. The lowest BCUT2D eigenvalue weighted by atomic mass is 10.1. The topological polar surface area (TPSA) is 64.4 Å². The molecular formula is C22H23N3O3. The maximum Gasteiger partial charge on any atom is 0.337 e. The molecule has 1 aliphatic rings. The van der Waals surface area contributed by atoms with Crippen LogP contribution in [0.2, 0.25) is 0 Å². The Morgan fingerprint density at radius 1 is 1.04 bits per heavy atom. The Labute approximate surface area is 163 Å². The van der Waals surface area contributed by atoms with Crippen molar-refractivity contribution in [2.75, 3.05) is 25.1 Å². The van der Waals surface area contributed by atoms with Crippen molar-refractivity contribution in [1.29, 1.82) is 0 Å². The fraction of sp³-hybridized carbons (Fsp3) is 0.318. The lowest BCUT2D eigenvalue weighted by Gasteiger charge is -2.22. The molecule has 2 heterocycles. The number of aryl methyl sites for hydroxylation is 2. The van der Waals surface area contributed by atoms with Crippen LogP contribution in [0.1, 0.15) is 34.3 Å². The Kier molecular flexibility index (Phi) is 4.63. The van der Waals surface area contributed by atoms with Gasteiger partial charge in [-0.1, -0.05) is 6.07 Å². The summed E-state index contributed by atoms with van der Waals surface area (Å²) in [4.78, 5) is 32.3. The Balaban J connectivity index is 2.01. The largest absolute Gasteiger partial charge is 0.465 e. The van der Waals surface area contributed by atoms with Crippen LogP contribution < -0.4 is 10.5 Å². The summed E-state index contributed by atoms with van der Waals surface area (Å²) in [6.45, 7) is 5.77. The maximum absolute atomic E-state index is 13.5. The third-order valence-corrected chi connectivity index (χ3v) is 5.13. The van der Waals surface area contributed by atoms with Crippen molar-refractivity contribution in [3.8, 4) is 5.69 Å². The minimum Gasteiger partial charge on any atom is -0.465 e. The van der Waals surface area contributed by atoms with Crippen molar-refractivity contribution in [1.82, 2.24) is 9.55 Å². The number of nitrogens with zero attached hydrogens (tertiary/aromatic N) is 3. The van der Waals surface area contributed by atoms with Crippen LogP contribution in [0.3, 0.4) is 0 Å². The van der Waals surface area contributed by atoms with Gasteiger partial charge in [-0.3, -0.25) is 4.79 Å². The first-order valence-corrected chi connectivity index (χ1v) is 9.46. The Morgan fingerprint density at radius 3 is 2.36 bits per heavy atom. The molecule has 0 radical (unpaired) electrons. The highest BCUT2D eigenvalue weighted by Crippen LogP contribution is 2.24. The molecule has 0 aliphatic carbocycles. The van der Waals surface area contributed by atoms with Crippen molar-refractivity contribution in [3.63, 3.8) is 0 Å². The molecule has 6 nitrogen and oxygen atoms in total. The number of rotatable bonds is 3. The highest BCUT2D eigenvalue weighted by Gasteiger charge is 2.22. The van der Waals surface area contributed by atoms with Crippen LogP contribution in [0.15, 0.2) is 41.2 Å². The normalized spacial score (nSPS) is 13.9. The minimum absolute atomic E-state index is 0.131. The van der Waals surface area contributed by atoms with Crippen molar-refractivity contribution < 1.29 is 9.53 Å². The molecule has 0 spiro atoms. The lowest BCUT2D eigenvalue weighted by Crippen LogP contribution is -2.30. The second-order valence-corrected chi connectivity index (χ2v) is 7.32. The molecule has 1 aliphatic heterocycles. The van der Waals surface area contributed by atoms with Crippen LogP contribution in [-0.2, 0) is 4.74 Å². The van der Waals surface area contributed by atoms with Crippen LogP contribution in [0, 0.1) is 13.8 Å². The number of ether oxygens (including phenoxy) is 1. The molecule has 28 heavy (non-hydrogen) atoms. The molecule has 0 bridgehead atoms. The van der Waals surface area contributed by atoms with Crippen LogP contribution in [0.4, 0.5) is 5.95 Å². The second-order valence-electron chi connectivity index (χ2n) is 7.32. The fourth-order valence-corrected chi connectivity index (χ4v) is 3.86. The van der Waals surface area contributed by atoms with E-state index >= 15 is 0 Å². The zero-order valence-electron chi connectivity index (χ0n) is 16.4. The molecule has 0 unspecified atom stereocenters. The van der Waals surface area contributed by atoms with Gasteiger partial charge in [0.05, 0.1) is 29.3 Å². The maximum atomic E-state index is 13.5. The Bertz CT molecular complexity index is 1110. The summed E-state index contributed by atoms with van der Waals surface area (Å²) in [6.07, 6.45) is 2.14. The monoisotopic (exact) mass is 377 g/mol. The van der Waals surface area contributed by atoms with Crippen molar-refractivity contribution in [2.45, 2.75) is 26.7 Å². The van der Waals surface area contributed by atoms with Gasteiger partial charge in [-0.25, -0.2) is 14.3 Å².